The summed E-state index contributed by atoms with van der Waals surface area (Å²) >= 11 is 3.56. The molecule has 0 aromatic carbocycles. The van der Waals surface area contributed by atoms with Gasteiger partial charge in [0.05, 0.1) is 11.0 Å². The van der Waals surface area contributed by atoms with Crippen molar-refractivity contribution in [2.75, 3.05) is 11.1 Å². The van der Waals surface area contributed by atoms with Gasteiger partial charge in [0.1, 0.15) is 0 Å². The van der Waals surface area contributed by atoms with E-state index in [1.165, 1.54) is 25.7 Å². The molecule has 0 radical (unpaired) electrons. The van der Waals surface area contributed by atoms with E-state index < -0.39 is 9.84 Å². The zero-order chi connectivity index (χ0) is 12.9. The molecule has 102 valence electrons. The van der Waals surface area contributed by atoms with Crippen LogP contribution in [0, 0.1) is 5.41 Å². The number of halogens is 1. The summed E-state index contributed by atoms with van der Waals surface area (Å²) in [7, 11) is -2.93. The highest BCUT2D eigenvalue weighted by molar-refractivity contribution is 9.09. The van der Waals surface area contributed by atoms with Crippen molar-refractivity contribution < 1.29 is 8.42 Å². The minimum atomic E-state index is -2.93. The second-order valence-electron chi connectivity index (χ2n) is 5.57. The van der Waals surface area contributed by atoms with E-state index in [0.717, 1.165) is 24.6 Å². The second-order valence-corrected chi connectivity index (χ2v) is 8.55. The first kappa shape index (κ1) is 15.5. The maximum Gasteiger partial charge on any atom is 0.153 e. The Morgan fingerprint density at radius 2 is 1.71 bits per heavy atom. The fraction of sp³-hybridized carbons (Fsp3) is 1.00. The van der Waals surface area contributed by atoms with E-state index in [0.29, 0.717) is 5.75 Å². The lowest BCUT2D eigenvalue weighted by atomic mass is 9.85. The predicted octanol–water partition coefficient (Wildman–Crippen LogP) is 3.94. The van der Waals surface area contributed by atoms with E-state index in [1.807, 2.05) is 13.8 Å². The van der Waals surface area contributed by atoms with Crippen molar-refractivity contribution in [2.45, 2.75) is 64.0 Å². The monoisotopic (exact) mass is 324 g/mol. The largest absolute Gasteiger partial charge is 0.229 e. The van der Waals surface area contributed by atoms with Gasteiger partial charge in [-0.15, -0.1) is 0 Å². The Balaban J connectivity index is 2.80. The fourth-order valence-electron chi connectivity index (χ4n) is 2.62. The van der Waals surface area contributed by atoms with E-state index in [2.05, 4.69) is 15.9 Å². The van der Waals surface area contributed by atoms with Crippen LogP contribution in [-0.2, 0) is 9.84 Å². The molecule has 2 nitrogen and oxygen atoms in total. The lowest BCUT2D eigenvalue weighted by Gasteiger charge is -2.31. The van der Waals surface area contributed by atoms with Crippen LogP contribution in [0.5, 0.6) is 0 Å². The molecule has 0 amide bonds. The first-order valence-corrected chi connectivity index (χ1v) is 9.57. The topological polar surface area (TPSA) is 34.1 Å². The van der Waals surface area contributed by atoms with E-state index in [1.54, 1.807) is 0 Å². The van der Waals surface area contributed by atoms with Crippen LogP contribution in [0.2, 0.25) is 0 Å². The first-order valence-electron chi connectivity index (χ1n) is 6.73. The molecule has 0 aliphatic heterocycles. The molecule has 1 rings (SSSR count). The Labute approximate surface area is 115 Å². The number of hydrogen-bond acceptors (Lipinski definition) is 2. The molecule has 1 aliphatic rings. The van der Waals surface area contributed by atoms with Gasteiger partial charge in [0.15, 0.2) is 9.84 Å². The first-order chi connectivity index (χ1) is 7.96. The summed E-state index contributed by atoms with van der Waals surface area (Å²) in [6.45, 7) is 3.80. The Morgan fingerprint density at radius 1 is 1.18 bits per heavy atom. The minimum Gasteiger partial charge on any atom is -0.229 e. The molecule has 1 saturated carbocycles. The van der Waals surface area contributed by atoms with Gasteiger partial charge in [0.2, 0.25) is 0 Å². The lowest BCUT2D eigenvalue weighted by Crippen LogP contribution is -2.35. The Bertz CT molecular complexity index is 316. The van der Waals surface area contributed by atoms with E-state index in [-0.39, 0.29) is 10.7 Å². The minimum absolute atomic E-state index is 0.00123. The molecule has 0 spiro atoms. The molecule has 1 atom stereocenters. The summed E-state index contributed by atoms with van der Waals surface area (Å²) in [5.41, 5.74) is -0.00123. The van der Waals surface area contributed by atoms with Crippen molar-refractivity contribution in [3.8, 4) is 0 Å². The molecule has 1 unspecified atom stereocenters. The van der Waals surface area contributed by atoms with Gasteiger partial charge in [0, 0.05) is 5.33 Å². The predicted molar refractivity (Wildman–Crippen MR) is 77.5 cm³/mol. The van der Waals surface area contributed by atoms with Crippen molar-refractivity contribution in [3.05, 3.63) is 0 Å². The number of alkyl halides is 1. The van der Waals surface area contributed by atoms with Crippen LogP contribution in [0.4, 0.5) is 0 Å². The number of hydrogen-bond donors (Lipinski definition) is 0. The normalized spacial score (nSPS) is 23.0. The third kappa shape index (κ3) is 4.23. The quantitative estimate of drug-likeness (QED) is 0.567. The summed E-state index contributed by atoms with van der Waals surface area (Å²) in [6, 6.07) is 0. The Morgan fingerprint density at radius 3 is 2.12 bits per heavy atom. The smallest absolute Gasteiger partial charge is 0.153 e. The summed E-state index contributed by atoms with van der Waals surface area (Å²) in [5, 5.41) is 0.636. The Hall–Kier alpha value is 0.430. The molecule has 0 saturated heterocycles. The van der Waals surface area contributed by atoms with Crippen molar-refractivity contribution >= 4 is 25.8 Å². The maximum absolute atomic E-state index is 12.3. The van der Waals surface area contributed by atoms with Gasteiger partial charge < -0.3 is 0 Å². The molecular formula is C13H25BrO2S. The van der Waals surface area contributed by atoms with Gasteiger partial charge in [-0.1, -0.05) is 48.5 Å². The molecule has 0 heterocycles. The molecule has 0 aromatic heterocycles. The maximum atomic E-state index is 12.3. The highest BCUT2D eigenvalue weighted by Crippen LogP contribution is 2.38. The van der Waals surface area contributed by atoms with Gasteiger partial charge in [-0.25, -0.2) is 8.42 Å². The highest BCUT2D eigenvalue weighted by Gasteiger charge is 2.36. The van der Waals surface area contributed by atoms with Crippen LogP contribution in [0.15, 0.2) is 0 Å². The third-order valence-corrected chi connectivity index (χ3v) is 7.91. The van der Waals surface area contributed by atoms with E-state index >= 15 is 0 Å². The molecule has 1 fully saturated rings. The molecule has 0 N–H and O–H groups in total. The van der Waals surface area contributed by atoms with Crippen molar-refractivity contribution in [1.82, 2.24) is 0 Å². The third-order valence-electron chi connectivity index (χ3n) is 4.14. The second kappa shape index (κ2) is 6.55. The molecule has 17 heavy (non-hydrogen) atoms. The van der Waals surface area contributed by atoms with Crippen molar-refractivity contribution in [3.63, 3.8) is 0 Å². The standard InChI is InChI=1S/C13H25BrO2S/c1-3-12(2)17(15,16)11-13(10-14)8-6-4-5-7-9-13/h12H,3-11H2,1-2H3. The van der Waals surface area contributed by atoms with Gasteiger partial charge in [-0.3, -0.25) is 0 Å². The van der Waals surface area contributed by atoms with Crippen LogP contribution in [0.3, 0.4) is 0 Å². The van der Waals surface area contributed by atoms with Gasteiger partial charge in [0.25, 0.3) is 0 Å². The average Bonchev–Trinajstić information content (AvgIpc) is 2.53. The van der Waals surface area contributed by atoms with E-state index in [4.69, 9.17) is 0 Å². The average molecular weight is 325 g/mol. The summed E-state index contributed by atoms with van der Waals surface area (Å²) < 4.78 is 24.6. The van der Waals surface area contributed by atoms with Crippen LogP contribution in [0.25, 0.3) is 0 Å². The molecule has 1 aliphatic carbocycles. The van der Waals surface area contributed by atoms with Crippen LogP contribution in [0.1, 0.15) is 58.8 Å². The zero-order valence-corrected chi connectivity index (χ0v) is 13.4. The molecule has 0 bridgehead atoms. The lowest BCUT2D eigenvalue weighted by molar-refractivity contribution is 0.326. The molecule has 4 heteroatoms. The van der Waals surface area contributed by atoms with Gasteiger partial charge in [-0.05, 0) is 31.6 Å². The van der Waals surface area contributed by atoms with Crippen molar-refractivity contribution in [1.29, 1.82) is 0 Å². The van der Waals surface area contributed by atoms with Crippen LogP contribution in [-0.4, -0.2) is 24.8 Å². The summed E-state index contributed by atoms with van der Waals surface area (Å²) in [5.74, 6) is 0.375. The molecular weight excluding hydrogens is 300 g/mol. The zero-order valence-electron chi connectivity index (χ0n) is 11.0. The molecule has 0 aromatic rings. The van der Waals surface area contributed by atoms with Gasteiger partial charge in [-0.2, -0.15) is 0 Å². The highest BCUT2D eigenvalue weighted by atomic mass is 79.9. The van der Waals surface area contributed by atoms with Crippen LogP contribution < -0.4 is 0 Å². The van der Waals surface area contributed by atoms with Gasteiger partial charge >= 0.3 is 0 Å². The number of rotatable bonds is 5. The van der Waals surface area contributed by atoms with E-state index in [9.17, 15) is 8.42 Å². The van der Waals surface area contributed by atoms with Crippen molar-refractivity contribution in [2.24, 2.45) is 5.41 Å². The summed E-state index contributed by atoms with van der Waals surface area (Å²) in [4.78, 5) is 0. The van der Waals surface area contributed by atoms with Crippen LogP contribution >= 0.6 is 15.9 Å². The fourth-order valence-corrected chi connectivity index (χ4v) is 5.68. The SMILES string of the molecule is CCC(C)S(=O)(=O)CC1(CBr)CCCCCC1. The summed E-state index contributed by atoms with van der Waals surface area (Å²) in [6.07, 6.45) is 7.74. The number of sulfone groups is 1. The Kier molecular flexibility index (Phi) is 5.97.